The number of carbonyl (C=O) groups is 1. The molecule has 0 aliphatic carbocycles. The minimum atomic E-state index is -2.07. The maximum Gasteiger partial charge on any atom is 0.200 e. The normalized spacial score (nSPS) is 16.1. The largest absolute Gasteiger partial charge is 0.507 e. The number of phenolic OH excluding ortho intramolecular Hbond substituents is 1. The van der Waals surface area contributed by atoms with E-state index in [-0.39, 0.29) is 16.6 Å². The number of rotatable bonds is 2. The number of hydrogen-bond acceptors (Lipinski definition) is 4. The molecule has 2 aliphatic heterocycles. The van der Waals surface area contributed by atoms with Crippen LogP contribution in [0.5, 0.6) is 5.75 Å². The van der Waals surface area contributed by atoms with E-state index in [2.05, 4.69) is 62.6 Å². The molecule has 0 fully saturated rings. The van der Waals surface area contributed by atoms with Gasteiger partial charge in [-0.2, -0.15) is 0 Å². The van der Waals surface area contributed by atoms with E-state index < -0.39 is 45.9 Å². The van der Waals surface area contributed by atoms with Crippen LogP contribution >= 0.6 is 0 Å². The Morgan fingerprint density at radius 3 is 1.80 bits per heavy atom. The third kappa shape index (κ3) is 5.73. The fourth-order valence-corrected chi connectivity index (χ4v) is 5.46. The molecule has 5 rings (SSSR count). The molecule has 216 valence electrons. The van der Waals surface area contributed by atoms with Gasteiger partial charge in [0.25, 0.3) is 0 Å². The molecular weight excluding hydrogens is 532 g/mol. The van der Waals surface area contributed by atoms with E-state index in [1.54, 1.807) is 6.92 Å². The van der Waals surface area contributed by atoms with Crippen LogP contribution < -0.4 is 10.6 Å². The highest BCUT2D eigenvalue weighted by molar-refractivity contribution is 6.12. The van der Waals surface area contributed by atoms with Crippen molar-refractivity contribution in [1.29, 1.82) is 0 Å². The Kier molecular flexibility index (Phi) is 7.58. The van der Waals surface area contributed by atoms with Crippen molar-refractivity contribution in [3.63, 3.8) is 0 Å². The van der Waals surface area contributed by atoms with E-state index in [4.69, 9.17) is 0 Å². The summed E-state index contributed by atoms with van der Waals surface area (Å²) in [5.41, 5.74) is 4.93. The Morgan fingerprint density at radius 1 is 0.707 bits per heavy atom. The molecule has 8 heteroatoms. The summed E-state index contributed by atoms with van der Waals surface area (Å²) in [4.78, 5) is 12.7. The maximum atomic E-state index is 14.2. The molecule has 3 aromatic rings. The standard InChI is InChI=1S/C20H17F4NO2.C13H17N/c1-8-7-20(3,4)25-12-6-13(26)11(5-10(8)12)19(27)14-9(2)15(21)17(23)18(24)16(14)22;1-9-5-6-11-10(2)8-13(3,4)14-12(11)7-9/h5-7,25-26H,1-4H3;5-8,14H,1-4H3. The predicted octanol–water partition coefficient (Wildman–Crippen LogP) is 8.70. The molecule has 2 heterocycles. The molecule has 2 aliphatic rings. The lowest BCUT2D eigenvalue weighted by atomic mass is 9.88. The van der Waals surface area contributed by atoms with Crippen LogP contribution in [0, 0.1) is 37.1 Å². The van der Waals surface area contributed by atoms with Gasteiger partial charge in [0, 0.05) is 34.1 Å². The summed E-state index contributed by atoms with van der Waals surface area (Å²) in [5.74, 6) is -9.12. The van der Waals surface area contributed by atoms with E-state index in [1.165, 1.54) is 34.5 Å². The average Bonchev–Trinajstić information content (AvgIpc) is 2.84. The molecule has 0 unspecified atom stereocenters. The smallest absolute Gasteiger partial charge is 0.200 e. The van der Waals surface area contributed by atoms with Crippen LogP contribution in [0.1, 0.15) is 79.7 Å². The SMILES string of the molecule is CC1=CC(C)(C)Nc2cc(C)ccc21.CC1=CC(C)(C)Nc2cc(O)c(C(=O)c3c(C)c(F)c(F)c(F)c3F)cc21. The zero-order chi connectivity index (χ0) is 30.6. The molecule has 41 heavy (non-hydrogen) atoms. The summed E-state index contributed by atoms with van der Waals surface area (Å²) in [6.45, 7) is 15.3. The molecule has 3 aromatic carbocycles. The van der Waals surface area contributed by atoms with Crippen molar-refractivity contribution < 1.29 is 27.5 Å². The van der Waals surface area contributed by atoms with Crippen LogP contribution in [0.15, 0.2) is 42.5 Å². The summed E-state index contributed by atoms with van der Waals surface area (Å²) >= 11 is 0. The Morgan fingerprint density at radius 2 is 1.22 bits per heavy atom. The third-order valence-corrected chi connectivity index (χ3v) is 7.20. The van der Waals surface area contributed by atoms with Gasteiger partial charge in [-0.3, -0.25) is 4.79 Å². The molecule has 0 atom stereocenters. The van der Waals surface area contributed by atoms with Crippen molar-refractivity contribution in [3.05, 3.63) is 99.1 Å². The predicted molar refractivity (Wildman–Crippen MR) is 156 cm³/mol. The number of nitrogens with one attached hydrogen (secondary N) is 2. The number of phenols is 1. The zero-order valence-corrected chi connectivity index (χ0v) is 24.4. The van der Waals surface area contributed by atoms with E-state index in [1.807, 2.05) is 19.9 Å². The van der Waals surface area contributed by atoms with Gasteiger partial charge in [0.1, 0.15) is 5.75 Å². The molecule has 3 N–H and O–H groups in total. The lowest BCUT2D eigenvalue weighted by molar-refractivity contribution is 0.103. The van der Waals surface area contributed by atoms with Crippen LogP contribution in [0.4, 0.5) is 28.9 Å². The second-order valence-electron chi connectivity index (χ2n) is 11.9. The van der Waals surface area contributed by atoms with Crippen molar-refractivity contribution in [2.75, 3.05) is 10.6 Å². The molecule has 0 spiro atoms. The first kappa shape index (κ1) is 29.9. The van der Waals surface area contributed by atoms with Crippen molar-refractivity contribution in [2.45, 2.75) is 66.5 Å². The van der Waals surface area contributed by atoms with Crippen molar-refractivity contribution >= 4 is 28.3 Å². The van der Waals surface area contributed by atoms with Gasteiger partial charge in [-0.05, 0) is 84.2 Å². The van der Waals surface area contributed by atoms with Crippen molar-refractivity contribution in [2.24, 2.45) is 0 Å². The van der Waals surface area contributed by atoms with E-state index in [0.29, 0.717) is 11.3 Å². The molecule has 0 bridgehead atoms. The highest BCUT2D eigenvalue weighted by Crippen LogP contribution is 2.39. The van der Waals surface area contributed by atoms with Gasteiger partial charge in [-0.1, -0.05) is 24.3 Å². The second-order valence-corrected chi connectivity index (χ2v) is 11.9. The van der Waals surface area contributed by atoms with Gasteiger partial charge < -0.3 is 15.7 Å². The van der Waals surface area contributed by atoms with Gasteiger partial charge in [-0.25, -0.2) is 17.6 Å². The number of fused-ring (bicyclic) bond motifs is 2. The zero-order valence-electron chi connectivity index (χ0n) is 24.4. The van der Waals surface area contributed by atoms with E-state index in [0.717, 1.165) is 12.5 Å². The second kappa shape index (κ2) is 10.4. The van der Waals surface area contributed by atoms with Crippen LogP contribution in [0.3, 0.4) is 0 Å². The van der Waals surface area contributed by atoms with Crippen LogP contribution in [-0.2, 0) is 0 Å². The molecule has 0 radical (unpaired) electrons. The number of hydrogen-bond donors (Lipinski definition) is 3. The fraction of sp³-hybridized carbons (Fsp3) is 0.303. The molecular formula is C33H34F4N2O2. The highest BCUT2D eigenvalue weighted by atomic mass is 19.2. The molecule has 0 amide bonds. The van der Waals surface area contributed by atoms with E-state index >= 15 is 0 Å². The summed E-state index contributed by atoms with van der Waals surface area (Å²) < 4.78 is 55.0. The number of allylic oxidation sites excluding steroid dienone is 2. The molecule has 4 nitrogen and oxygen atoms in total. The molecule has 0 saturated heterocycles. The Bertz CT molecular complexity index is 1620. The highest BCUT2D eigenvalue weighted by Gasteiger charge is 2.31. The molecule has 0 aromatic heterocycles. The summed E-state index contributed by atoms with van der Waals surface area (Å²) in [6.07, 6.45) is 4.19. The third-order valence-electron chi connectivity index (χ3n) is 7.20. The van der Waals surface area contributed by atoms with Crippen LogP contribution in [0.25, 0.3) is 11.1 Å². The van der Waals surface area contributed by atoms with Crippen LogP contribution in [0.2, 0.25) is 0 Å². The quantitative estimate of drug-likeness (QED) is 0.126. The Balaban J connectivity index is 0.000000231. The van der Waals surface area contributed by atoms with Gasteiger partial charge in [0.2, 0.25) is 0 Å². The number of benzene rings is 3. The Labute approximate surface area is 237 Å². The summed E-state index contributed by atoms with van der Waals surface area (Å²) in [6, 6.07) is 9.19. The molecule has 0 saturated carbocycles. The van der Waals surface area contributed by atoms with E-state index in [9.17, 15) is 27.5 Å². The van der Waals surface area contributed by atoms with Crippen molar-refractivity contribution in [1.82, 2.24) is 0 Å². The summed E-state index contributed by atoms with van der Waals surface area (Å²) in [7, 11) is 0. The van der Waals surface area contributed by atoms with Crippen LogP contribution in [-0.4, -0.2) is 22.0 Å². The van der Waals surface area contributed by atoms with Gasteiger partial charge in [0.15, 0.2) is 29.1 Å². The number of anilines is 2. The number of carbonyl (C=O) groups excluding carboxylic acids is 1. The van der Waals surface area contributed by atoms with Gasteiger partial charge in [0.05, 0.1) is 22.2 Å². The first-order valence-electron chi connectivity index (χ1n) is 13.2. The lowest BCUT2D eigenvalue weighted by Gasteiger charge is -2.31. The Hall–Kier alpha value is -4.07. The number of ketones is 1. The van der Waals surface area contributed by atoms with Gasteiger partial charge in [-0.15, -0.1) is 0 Å². The van der Waals surface area contributed by atoms with Gasteiger partial charge >= 0.3 is 0 Å². The number of aryl methyl sites for hydroxylation is 1. The summed E-state index contributed by atoms with van der Waals surface area (Å²) in [5, 5.41) is 17.0. The maximum absolute atomic E-state index is 14.2. The minimum absolute atomic E-state index is 0.0743. The fourth-order valence-electron chi connectivity index (χ4n) is 5.46. The number of halogens is 4. The lowest BCUT2D eigenvalue weighted by Crippen LogP contribution is -2.31. The first-order chi connectivity index (χ1) is 18.9. The topological polar surface area (TPSA) is 61.4 Å². The average molecular weight is 567 g/mol. The first-order valence-corrected chi connectivity index (χ1v) is 13.2. The minimum Gasteiger partial charge on any atom is -0.507 e. The number of aromatic hydroxyl groups is 1. The monoisotopic (exact) mass is 566 g/mol. The van der Waals surface area contributed by atoms with Crippen molar-refractivity contribution in [3.8, 4) is 5.75 Å².